The molecule has 5 heteroatoms. The Morgan fingerprint density at radius 3 is 2.64 bits per heavy atom. The van der Waals surface area contributed by atoms with Crippen LogP contribution in [0.1, 0.15) is 19.8 Å². The molecule has 1 aliphatic heterocycles. The zero-order chi connectivity index (χ0) is 10.7. The summed E-state index contributed by atoms with van der Waals surface area (Å²) < 4.78 is 4.57. The van der Waals surface area contributed by atoms with Crippen LogP contribution in [0.15, 0.2) is 0 Å². The predicted molar refractivity (Wildman–Crippen MR) is 48.8 cm³/mol. The van der Waals surface area contributed by atoms with Crippen LogP contribution in [0, 0.1) is 5.92 Å². The summed E-state index contributed by atoms with van der Waals surface area (Å²) in [6.45, 7) is 1.64. The Balaban J connectivity index is 2.49. The third-order valence-electron chi connectivity index (χ3n) is 2.66. The second-order valence-corrected chi connectivity index (χ2v) is 3.55. The lowest BCUT2D eigenvalue weighted by molar-refractivity contribution is -0.144. The van der Waals surface area contributed by atoms with Gasteiger partial charge in [-0.2, -0.15) is 0 Å². The lowest BCUT2D eigenvalue weighted by Crippen LogP contribution is -2.41. The first-order valence-electron chi connectivity index (χ1n) is 4.63. The van der Waals surface area contributed by atoms with E-state index in [1.807, 2.05) is 0 Å². The van der Waals surface area contributed by atoms with Crippen molar-refractivity contribution in [3.05, 3.63) is 0 Å². The molecule has 0 saturated carbocycles. The molecule has 0 radical (unpaired) electrons. The fourth-order valence-electron chi connectivity index (χ4n) is 1.67. The van der Waals surface area contributed by atoms with Crippen LogP contribution in [0.3, 0.4) is 0 Å². The minimum atomic E-state index is -0.840. The first-order chi connectivity index (χ1) is 6.56. The zero-order valence-electron chi connectivity index (χ0n) is 8.32. The minimum Gasteiger partial charge on any atom is -0.481 e. The topological polar surface area (TPSA) is 75.6 Å². The van der Waals surface area contributed by atoms with Gasteiger partial charge in [-0.15, -0.1) is 0 Å². The quantitative estimate of drug-likeness (QED) is 0.629. The summed E-state index contributed by atoms with van der Waals surface area (Å²) in [5.74, 6) is -1.62. The molecule has 2 N–H and O–H groups in total. The number of carbonyl (C=O) groups excluding carboxylic acids is 1. The van der Waals surface area contributed by atoms with Crippen LogP contribution in [0.5, 0.6) is 0 Å². The van der Waals surface area contributed by atoms with Gasteiger partial charge in [0.25, 0.3) is 0 Å². The summed E-state index contributed by atoms with van der Waals surface area (Å²) in [5, 5.41) is 11.7. The number of hydrogen-bond acceptors (Lipinski definition) is 4. The number of carboxylic acids is 1. The second kappa shape index (κ2) is 4.41. The molecule has 1 heterocycles. The minimum absolute atomic E-state index is 0.128. The van der Waals surface area contributed by atoms with Crippen molar-refractivity contribution in [1.82, 2.24) is 5.32 Å². The number of ether oxygens (including phenoxy) is 1. The monoisotopic (exact) mass is 201 g/mol. The first kappa shape index (κ1) is 11.0. The van der Waals surface area contributed by atoms with E-state index in [0.29, 0.717) is 12.8 Å². The summed E-state index contributed by atoms with van der Waals surface area (Å²) in [4.78, 5) is 21.8. The lowest BCUT2D eigenvalue weighted by Gasteiger charge is -2.16. The maximum Gasteiger partial charge on any atom is 0.322 e. The molecule has 5 nitrogen and oxygen atoms in total. The van der Waals surface area contributed by atoms with Crippen molar-refractivity contribution >= 4 is 11.9 Å². The smallest absolute Gasteiger partial charge is 0.322 e. The Morgan fingerprint density at radius 1 is 1.50 bits per heavy atom. The number of rotatable bonds is 3. The van der Waals surface area contributed by atoms with E-state index in [4.69, 9.17) is 5.11 Å². The highest BCUT2D eigenvalue weighted by Crippen LogP contribution is 2.19. The van der Waals surface area contributed by atoms with Gasteiger partial charge in [-0.05, 0) is 12.8 Å². The Bertz CT molecular complexity index is 241. The van der Waals surface area contributed by atoms with Gasteiger partial charge in [-0.3, -0.25) is 9.59 Å². The summed E-state index contributed by atoms with van der Waals surface area (Å²) in [6.07, 6.45) is 1.35. The SMILES string of the molecule is COC(=O)C1CC[C@@H]([C@@H](C)C(=O)O)N1. The fraction of sp³-hybridized carbons (Fsp3) is 0.778. The van der Waals surface area contributed by atoms with E-state index in [1.165, 1.54) is 7.11 Å². The maximum absolute atomic E-state index is 11.1. The number of methoxy groups -OCH3 is 1. The third kappa shape index (κ3) is 2.23. The van der Waals surface area contributed by atoms with Crippen molar-refractivity contribution in [2.75, 3.05) is 7.11 Å². The van der Waals surface area contributed by atoms with Gasteiger partial charge in [0.2, 0.25) is 0 Å². The van der Waals surface area contributed by atoms with E-state index in [2.05, 4.69) is 10.1 Å². The molecule has 0 amide bonds. The van der Waals surface area contributed by atoms with Crippen LogP contribution in [0.2, 0.25) is 0 Å². The lowest BCUT2D eigenvalue weighted by atomic mass is 10.0. The molecule has 0 spiro atoms. The molecular weight excluding hydrogens is 186 g/mol. The highest BCUT2D eigenvalue weighted by atomic mass is 16.5. The number of nitrogens with one attached hydrogen (secondary N) is 1. The van der Waals surface area contributed by atoms with Crippen molar-refractivity contribution in [2.45, 2.75) is 31.8 Å². The van der Waals surface area contributed by atoms with Crippen LogP contribution >= 0.6 is 0 Å². The van der Waals surface area contributed by atoms with E-state index in [1.54, 1.807) is 6.92 Å². The van der Waals surface area contributed by atoms with Crippen LogP contribution in [0.25, 0.3) is 0 Å². The van der Waals surface area contributed by atoms with Crippen molar-refractivity contribution < 1.29 is 19.4 Å². The number of carbonyl (C=O) groups is 2. The van der Waals surface area contributed by atoms with Crippen LogP contribution < -0.4 is 5.32 Å². The Labute approximate surface area is 82.4 Å². The molecule has 14 heavy (non-hydrogen) atoms. The Hall–Kier alpha value is -1.10. The van der Waals surface area contributed by atoms with Gasteiger partial charge in [-0.1, -0.05) is 6.92 Å². The van der Waals surface area contributed by atoms with Gasteiger partial charge in [-0.25, -0.2) is 0 Å². The average molecular weight is 201 g/mol. The number of carboxylic acid groups (broad SMARTS) is 1. The molecule has 1 saturated heterocycles. The highest BCUT2D eigenvalue weighted by Gasteiger charge is 2.34. The third-order valence-corrected chi connectivity index (χ3v) is 2.66. The molecule has 0 aliphatic carbocycles. The van der Waals surface area contributed by atoms with Crippen LogP contribution in [0.4, 0.5) is 0 Å². The Kier molecular flexibility index (Phi) is 3.46. The molecule has 1 aliphatic rings. The van der Waals surface area contributed by atoms with E-state index in [9.17, 15) is 9.59 Å². The van der Waals surface area contributed by atoms with Crippen molar-refractivity contribution in [3.8, 4) is 0 Å². The fourth-order valence-corrected chi connectivity index (χ4v) is 1.67. The van der Waals surface area contributed by atoms with E-state index >= 15 is 0 Å². The molecule has 0 aromatic rings. The highest BCUT2D eigenvalue weighted by molar-refractivity contribution is 5.76. The molecule has 0 aromatic heterocycles. The zero-order valence-corrected chi connectivity index (χ0v) is 8.32. The standard InChI is InChI=1S/C9H15NO4/c1-5(8(11)12)6-3-4-7(10-6)9(13)14-2/h5-7,10H,3-4H2,1-2H3,(H,11,12)/t5-,6+,7?/m1/s1. The number of aliphatic carboxylic acids is 1. The summed E-state index contributed by atoms with van der Waals surface area (Å²) in [6, 6.07) is -0.469. The molecule has 3 atom stereocenters. The number of hydrogen-bond donors (Lipinski definition) is 2. The van der Waals surface area contributed by atoms with Gasteiger partial charge in [0.1, 0.15) is 6.04 Å². The van der Waals surface area contributed by atoms with Crippen molar-refractivity contribution in [3.63, 3.8) is 0 Å². The predicted octanol–water partition coefficient (Wildman–Crippen LogP) is 0.000700. The molecule has 1 unspecified atom stereocenters. The van der Waals surface area contributed by atoms with Crippen LogP contribution in [-0.4, -0.2) is 36.2 Å². The molecule has 0 bridgehead atoms. The summed E-state index contributed by atoms with van der Waals surface area (Å²) in [7, 11) is 1.33. The normalized spacial score (nSPS) is 28.4. The van der Waals surface area contributed by atoms with E-state index < -0.39 is 11.9 Å². The first-order valence-corrected chi connectivity index (χ1v) is 4.63. The molecule has 1 fully saturated rings. The van der Waals surface area contributed by atoms with Gasteiger partial charge >= 0.3 is 11.9 Å². The Morgan fingerprint density at radius 2 is 2.14 bits per heavy atom. The van der Waals surface area contributed by atoms with E-state index in [-0.39, 0.29) is 18.1 Å². The van der Waals surface area contributed by atoms with Crippen molar-refractivity contribution in [2.24, 2.45) is 5.92 Å². The van der Waals surface area contributed by atoms with E-state index in [0.717, 1.165) is 0 Å². The largest absolute Gasteiger partial charge is 0.481 e. The summed E-state index contributed by atoms with van der Waals surface area (Å²) in [5.41, 5.74) is 0. The molecule has 0 aromatic carbocycles. The van der Waals surface area contributed by atoms with Gasteiger partial charge < -0.3 is 15.2 Å². The van der Waals surface area contributed by atoms with Gasteiger partial charge in [0.15, 0.2) is 0 Å². The molecule has 1 rings (SSSR count). The second-order valence-electron chi connectivity index (χ2n) is 3.55. The number of esters is 1. The average Bonchev–Trinajstić information content (AvgIpc) is 2.64. The van der Waals surface area contributed by atoms with Gasteiger partial charge in [0, 0.05) is 6.04 Å². The van der Waals surface area contributed by atoms with Crippen molar-refractivity contribution in [1.29, 1.82) is 0 Å². The molecular formula is C9H15NO4. The maximum atomic E-state index is 11.1. The van der Waals surface area contributed by atoms with Gasteiger partial charge in [0.05, 0.1) is 13.0 Å². The van der Waals surface area contributed by atoms with Crippen LogP contribution in [-0.2, 0) is 14.3 Å². The summed E-state index contributed by atoms with van der Waals surface area (Å²) >= 11 is 0. The molecule has 80 valence electrons.